The average molecular weight is 351 g/mol. The van der Waals surface area contributed by atoms with Crippen LogP contribution in [0, 0.1) is 10.1 Å². The molecule has 3 rings (SSSR count). The van der Waals surface area contributed by atoms with Gasteiger partial charge in [0.15, 0.2) is 0 Å². The van der Waals surface area contributed by atoms with Gasteiger partial charge in [0, 0.05) is 34.8 Å². The Bertz CT molecular complexity index is 1040. The summed E-state index contributed by atoms with van der Waals surface area (Å²) in [6, 6.07) is 12.3. The van der Waals surface area contributed by atoms with Crippen LogP contribution in [0.15, 0.2) is 53.3 Å². The largest absolute Gasteiger partial charge is 0.322 e. The van der Waals surface area contributed by atoms with Crippen LogP contribution in [0.1, 0.15) is 29.3 Å². The molecule has 0 radical (unpaired) electrons. The Hall–Kier alpha value is -3.48. The van der Waals surface area contributed by atoms with Crippen molar-refractivity contribution in [2.75, 3.05) is 5.32 Å². The number of nitro benzene ring substituents is 1. The molecular weight excluding hydrogens is 334 g/mol. The zero-order valence-corrected chi connectivity index (χ0v) is 14.1. The first-order valence-corrected chi connectivity index (χ1v) is 8.19. The minimum atomic E-state index is -0.519. The van der Waals surface area contributed by atoms with Gasteiger partial charge < -0.3 is 10.3 Å². The van der Waals surface area contributed by atoms with Crippen LogP contribution >= 0.6 is 0 Å². The van der Waals surface area contributed by atoms with Gasteiger partial charge in [-0.3, -0.25) is 19.7 Å². The average Bonchev–Trinajstić information content (AvgIpc) is 2.61. The zero-order chi connectivity index (χ0) is 18.7. The number of hydrogen-bond donors (Lipinski definition) is 2. The van der Waals surface area contributed by atoms with Crippen LogP contribution in [0.25, 0.3) is 10.9 Å². The Labute approximate surface area is 148 Å². The fourth-order valence-corrected chi connectivity index (χ4v) is 2.82. The molecule has 132 valence electrons. The topological polar surface area (TPSA) is 105 Å². The first-order chi connectivity index (χ1) is 12.5. The van der Waals surface area contributed by atoms with Crippen LogP contribution < -0.4 is 10.9 Å². The summed E-state index contributed by atoms with van der Waals surface area (Å²) in [6.07, 6.45) is 1.73. The standard InChI is InChI=1S/C19H17N3O4/c1-2-3-13-10-18(23)21-17-11-14(6-9-16(13)17)20-19(24)12-4-7-15(8-5-12)22(25)26/h4-11H,2-3H2,1H3,(H,20,24)(H,21,23). The van der Waals surface area contributed by atoms with Gasteiger partial charge in [0.25, 0.3) is 11.6 Å². The molecule has 2 N–H and O–H groups in total. The molecule has 0 bridgehead atoms. The quantitative estimate of drug-likeness (QED) is 0.541. The molecular formula is C19H17N3O4. The van der Waals surface area contributed by atoms with Crippen molar-refractivity contribution >= 4 is 28.2 Å². The van der Waals surface area contributed by atoms with E-state index in [1.165, 1.54) is 24.3 Å². The maximum atomic E-state index is 12.3. The summed E-state index contributed by atoms with van der Waals surface area (Å²) in [5, 5.41) is 14.4. The second-order valence-electron chi connectivity index (χ2n) is 5.93. The molecule has 3 aromatic rings. The zero-order valence-electron chi connectivity index (χ0n) is 14.1. The van der Waals surface area contributed by atoms with Gasteiger partial charge >= 0.3 is 0 Å². The van der Waals surface area contributed by atoms with E-state index in [0.717, 1.165) is 23.8 Å². The third kappa shape index (κ3) is 3.61. The lowest BCUT2D eigenvalue weighted by Crippen LogP contribution is -2.12. The maximum absolute atomic E-state index is 12.3. The Balaban J connectivity index is 1.87. The minimum Gasteiger partial charge on any atom is -0.322 e. The van der Waals surface area contributed by atoms with Crippen molar-refractivity contribution in [3.05, 3.63) is 80.1 Å². The molecule has 1 heterocycles. The Morgan fingerprint density at radius 1 is 1.15 bits per heavy atom. The summed E-state index contributed by atoms with van der Waals surface area (Å²) in [6.45, 7) is 2.05. The molecule has 0 saturated heterocycles. The third-order valence-corrected chi connectivity index (χ3v) is 4.05. The molecule has 0 spiro atoms. The molecule has 1 aromatic heterocycles. The SMILES string of the molecule is CCCc1cc(=O)[nH]c2cc(NC(=O)c3ccc([N+](=O)[O-])cc3)ccc12. The number of pyridine rings is 1. The van der Waals surface area contributed by atoms with Crippen LogP contribution in [0.5, 0.6) is 0 Å². The second kappa shape index (κ2) is 7.18. The van der Waals surface area contributed by atoms with Crippen LogP contribution in [0.2, 0.25) is 0 Å². The smallest absolute Gasteiger partial charge is 0.269 e. The molecule has 0 fully saturated rings. The predicted octanol–water partition coefficient (Wildman–Crippen LogP) is 3.64. The van der Waals surface area contributed by atoms with Crippen LogP contribution in [-0.4, -0.2) is 15.8 Å². The number of carbonyl (C=O) groups excluding carboxylic acids is 1. The van der Waals surface area contributed by atoms with Crippen molar-refractivity contribution < 1.29 is 9.72 Å². The number of anilines is 1. The normalized spacial score (nSPS) is 10.7. The van der Waals surface area contributed by atoms with Gasteiger partial charge in [-0.25, -0.2) is 0 Å². The first kappa shape index (κ1) is 17.3. The molecule has 0 saturated carbocycles. The van der Waals surface area contributed by atoms with Crippen molar-refractivity contribution in [1.82, 2.24) is 4.98 Å². The van der Waals surface area contributed by atoms with Gasteiger partial charge in [-0.2, -0.15) is 0 Å². The lowest BCUT2D eigenvalue weighted by molar-refractivity contribution is -0.384. The molecule has 7 heteroatoms. The fraction of sp³-hybridized carbons (Fsp3) is 0.158. The molecule has 7 nitrogen and oxygen atoms in total. The number of non-ortho nitro benzene ring substituents is 1. The Morgan fingerprint density at radius 2 is 1.88 bits per heavy atom. The number of benzene rings is 2. The number of aromatic nitrogens is 1. The van der Waals surface area contributed by atoms with Gasteiger partial charge in [0.05, 0.1) is 10.4 Å². The second-order valence-corrected chi connectivity index (χ2v) is 5.93. The number of fused-ring (bicyclic) bond motifs is 1. The number of amides is 1. The summed E-state index contributed by atoms with van der Waals surface area (Å²) < 4.78 is 0. The monoisotopic (exact) mass is 351 g/mol. The van der Waals surface area contributed by atoms with E-state index in [4.69, 9.17) is 0 Å². The molecule has 2 aromatic carbocycles. The van der Waals surface area contributed by atoms with E-state index < -0.39 is 4.92 Å². The van der Waals surface area contributed by atoms with Crippen molar-refractivity contribution in [2.45, 2.75) is 19.8 Å². The van der Waals surface area contributed by atoms with Gasteiger partial charge in [0.2, 0.25) is 5.56 Å². The molecule has 26 heavy (non-hydrogen) atoms. The summed E-state index contributed by atoms with van der Waals surface area (Å²) in [4.78, 5) is 37.1. The van der Waals surface area contributed by atoms with Crippen molar-refractivity contribution in [1.29, 1.82) is 0 Å². The van der Waals surface area contributed by atoms with E-state index in [-0.39, 0.29) is 17.2 Å². The molecule has 1 amide bonds. The lowest BCUT2D eigenvalue weighted by Gasteiger charge is -2.09. The molecule has 0 atom stereocenters. The highest BCUT2D eigenvalue weighted by molar-refractivity contribution is 6.05. The molecule has 0 aliphatic rings. The van der Waals surface area contributed by atoms with E-state index >= 15 is 0 Å². The van der Waals surface area contributed by atoms with Crippen LogP contribution in [0.3, 0.4) is 0 Å². The third-order valence-electron chi connectivity index (χ3n) is 4.05. The number of H-pyrrole nitrogens is 1. The summed E-state index contributed by atoms with van der Waals surface area (Å²) in [5.74, 6) is -0.383. The molecule has 0 aliphatic carbocycles. The highest BCUT2D eigenvalue weighted by Gasteiger charge is 2.11. The van der Waals surface area contributed by atoms with Crippen LogP contribution in [-0.2, 0) is 6.42 Å². The highest BCUT2D eigenvalue weighted by atomic mass is 16.6. The Morgan fingerprint density at radius 3 is 2.54 bits per heavy atom. The van der Waals surface area contributed by atoms with E-state index in [1.807, 2.05) is 13.0 Å². The number of aromatic amines is 1. The number of nitro groups is 1. The number of hydrogen-bond acceptors (Lipinski definition) is 4. The van der Waals surface area contributed by atoms with E-state index in [0.29, 0.717) is 16.8 Å². The molecule has 0 unspecified atom stereocenters. The highest BCUT2D eigenvalue weighted by Crippen LogP contribution is 2.21. The summed E-state index contributed by atoms with van der Waals surface area (Å²) in [5.41, 5.74) is 2.21. The lowest BCUT2D eigenvalue weighted by atomic mass is 10.0. The van der Waals surface area contributed by atoms with Gasteiger partial charge in [-0.15, -0.1) is 0 Å². The molecule has 0 aliphatic heterocycles. The first-order valence-electron chi connectivity index (χ1n) is 8.19. The number of rotatable bonds is 5. The van der Waals surface area contributed by atoms with E-state index in [9.17, 15) is 19.7 Å². The van der Waals surface area contributed by atoms with Gasteiger partial charge in [-0.1, -0.05) is 19.4 Å². The van der Waals surface area contributed by atoms with E-state index in [1.54, 1.807) is 18.2 Å². The van der Waals surface area contributed by atoms with Crippen molar-refractivity contribution in [3.63, 3.8) is 0 Å². The number of nitrogens with one attached hydrogen (secondary N) is 2. The fourth-order valence-electron chi connectivity index (χ4n) is 2.82. The van der Waals surface area contributed by atoms with E-state index in [2.05, 4.69) is 10.3 Å². The number of nitrogens with zero attached hydrogens (tertiary/aromatic N) is 1. The van der Waals surface area contributed by atoms with Gasteiger partial charge in [0.1, 0.15) is 0 Å². The van der Waals surface area contributed by atoms with Crippen molar-refractivity contribution in [3.8, 4) is 0 Å². The predicted molar refractivity (Wildman–Crippen MR) is 99.6 cm³/mol. The number of carbonyl (C=O) groups is 1. The summed E-state index contributed by atoms with van der Waals surface area (Å²) in [7, 11) is 0. The van der Waals surface area contributed by atoms with Crippen LogP contribution in [0.4, 0.5) is 11.4 Å². The summed E-state index contributed by atoms with van der Waals surface area (Å²) >= 11 is 0. The Kier molecular flexibility index (Phi) is 4.79. The minimum absolute atomic E-state index is 0.0757. The maximum Gasteiger partial charge on any atom is 0.269 e. The number of aryl methyl sites for hydroxylation is 1. The van der Waals surface area contributed by atoms with Gasteiger partial charge in [-0.05, 0) is 36.2 Å². The van der Waals surface area contributed by atoms with Crippen molar-refractivity contribution in [2.24, 2.45) is 0 Å².